The highest BCUT2D eigenvalue weighted by molar-refractivity contribution is 5.82. The molecular weight excluding hydrogens is 258 g/mol. The molecule has 1 aromatic rings. The van der Waals surface area contributed by atoms with Crippen molar-refractivity contribution in [3.8, 4) is 11.5 Å². The van der Waals surface area contributed by atoms with Gasteiger partial charge in [0.1, 0.15) is 6.61 Å². The summed E-state index contributed by atoms with van der Waals surface area (Å²) in [5.74, 6) is 1.30. The van der Waals surface area contributed by atoms with Gasteiger partial charge < -0.3 is 19.1 Å². The molecule has 0 saturated carbocycles. The second-order valence-corrected chi connectivity index (χ2v) is 5.35. The molecule has 1 fully saturated rings. The molecule has 1 amide bonds. The fraction of sp³-hybridized carbons (Fsp3) is 0.533. The lowest BCUT2D eigenvalue weighted by Gasteiger charge is -2.39. The van der Waals surface area contributed by atoms with Crippen LogP contribution in [0.2, 0.25) is 0 Å². The third kappa shape index (κ3) is 2.45. The van der Waals surface area contributed by atoms with E-state index in [0.717, 1.165) is 0 Å². The second-order valence-electron chi connectivity index (χ2n) is 5.35. The van der Waals surface area contributed by atoms with Crippen LogP contribution in [-0.4, -0.2) is 48.8 Å². The van der Waals surface area contributed by atoms with Crippen LogP contribution in [0.1, 0.15) is 13.8 Å². The Bertz CT molecular complexity index is 504. The third-order valence-electron chi connectivity index (χ3n) is 3.67. The van der Waals surface area contributed by atoms with Crippen molar-refractivity contribution in [3.05, 3.63) is 24.3 Å². The van der Waals surface area contributed by atoms with Gasteiger partial charge in [-0.2, -0.15) is 0 Å². The van der Waals surface area contributed by atoms with Crippen LogP contribution in [0.5, 0.6) is 11.5 Å². The average Bonchev–Trinajstić information content (AvgIpc) is 2.48. The molecule has 3 rings (SSSR count). The average molecular weight is 277 g/mol. The minimum absolute atomic E-state index is 0.0258. The lowest BCUT2D eigenvalue weighted by atomic mass is 10.1. The van der Waals surface area contributed by atoms with Crippen LogP contribution in [0.3, 0.4) is 0 Å². The van der Waals surface area contributed by atoms with Crippen LogP contribution < -0.4 is 9.47 Å². The Morgan fingerprint density at radius 1 is 1.20 bits per heavy atom. The Morgan fingerprint density at radius 3 is 2.75 bits per heavy atom. The van der Waals surface area contributed by atoms with Crippen LogP contribution in [0.4, 0.5) is 0 Å². The van der Waals surface area contributed by atoms with Crippen LogP contribution in [0.25, 0.3) is 0 Å². The molecule has 0 aromatic heterocycles. The molecule has 0 N–H and O–H groups in total. The fourth-order valence-electron chi connectivity index (χ4n) is 2.54. The number of morpholine rings is 1. The smallest absolute Gasteiger partial charge is 0.267 e. The first-order chi connectivity index (χ1) is 9.65. The normalized spacial score (nSPS) is 29.1. The number of rotatable bonds is 1. The molecule has 108 valence electrons. The zero-order valence-electron chi connectivity index (χ0n) is 11.7. The number of carbonyl (C=O) groups is 1. The minimum Gasteiger partial charge on any atom is -0.485 e. The first kappa shape index (κ1) is 13.2. The van der Waals surface area contributed by atoms with E-state index in [-0.39, 0.29) is 24.7 Å². The molecule has 5 heteroatoms. The third-order valence-corrected chi connectivity index (χ3v) is 3.67. The van der Waals surface area contributed by atoms with E-state index in [0.29, 0.717) is 24.7 Å². The summed E-state index contributed by atoms with van der Waals surface area (Å²) in [4.78, 5) is 14.4. The van der Waals surface area contributed by atoms with Crippen molar-refractivity contribution < 1.29 is 19.0 Å². The maximum absolute atomic E-state index is 12.6. The first-order valence-corrected chi connectivity index (χ1v) is 6.95. The summed E-state index contributed by atoms with van der Waals surface area (Å²) in [5.41, 5.74) is 0. The molecule has 2 heterocycles. The second kappa shape index (κ2) is 5.32. The number of hydrogen-bond donors (Lipinski definition) is 0. The largest absolute Gasteiger partial charge is 0.485 e. The number of fused-ring (bicyclic) bond motifs is 1. The molecule has 3 unspecified atom stereocenters. The maximum atomic E-state index is 12.6. The van der Waals surface area contributed by atoms with Crippen molar-refractivity contribution in [2.45, 2.75) is 32.1 Å². The van der Waals surface area contributed by atoms with Gasteiger partial charge in [-0.25, -0.2) is 0 Å². The number of carbonyl (C=O) groups excluding carboxylic acids is 1. The number of amides is 1. The molecule has 2 aliphatic heterocycles. The van der Waals surface area contributed by atoms with Gasteiger partial charge >= 0.3 is 0 Å². The van der Waals surface area contributed by atoms with Crippen LogP contribution in [0, 0.1) is 0 Å². The molecule has 1 saturated heterocycles. The number of ether oxygens (including phenoxy) is 3. The van der Waals surface area contributed by atoms with Gasteiger partial charge in [-0.15, -0.1) is 0 Å². The molecule has 3 atom stereocenters. The molecule has 5 nitrogen and oxygen atoms in total. The van der Waals surface area contributed by atoms with E-state index in [1.165, 1.54) is 0 Å². The van der Waals surface area contributed by atoms with Crippen molar-refractivity contribution in [2.75, 3.05) is 19.8 Å². The van der Waals surface area contributed by atoms with Crippen molar-refractivity contribution in [1.29, 1.82) is 0 Å². The Labute approximate surface area is 118 Å². The van der Waals surface area contributed by atoms with Crippen molar-refractivity contribution in [3.63, 3.8) is 0 Å². The van der Waals surface area contributed by atoms with Crippen LogP contribution in [0.15, 0.2) is 24.3 Å². The number of para-hydroxylation sites is 2. The van der Waals surface area contributed by atoms with E-state index in [1.54, 1.807) is 0 Å². The zero-order valence-corrected chi connectivity index (χ0v) is 11.7. The number of benzene rings is 1. The van der Waals surface area contributed by atoms with E-state index in [4.69, 9.17) is 14.2 Å². The number of nitrogens with zero attached hydrogens (tertiary/aromatic N) is 1. The highest BCUT2D eigenvalue weighted by Gasteiger charge is 2.35. The summed E-state index contributed by atoms with van der Waals surface area (Å²) in [7, 11) is 0. The highest BCUT2D eigenvalue weighted by Crippen LogP contribution is 2.31. The summed E-state index contributed by atoms with van der Waals surface area (Å²) < 4.78 is 16.9. The molecule has 20 heavy (non-hydrogen) atoms. The highest BCUT2D eigenvalue weighted by atomic mass is 16.6. The van der Waals surface area contributed by atoms with Crippen molar-refractivity contribution in [1.82, 2.24) is 4.90 Å². The van der Waals surface area contributed by atoms with E-state index in [9.17, 15) is 4.79 Å². The Balaban J connectivity index is 1.72. The number of hydrogen-bond acceptors (Lipinski definition) is 4. The molecule has 0 bridgehead atoms. The minimum atomic E-state index is -0.572. The maximum Gasteiger partial charge on any atom is 0.267 e. The summed E-state index contributed by atoms with van der Waals surface area (Å²) in [5, 5.41) is 0. The van der Waals surface area contributed by atoms with Gasteiger partial charge in [-0.3, -0.25) is 4.79 Å². The van der Waals surface area contributed by atoms with Gasteiger partial charge in [0.2, 0.25) is 6.10 Å². The van der Waals surface area contributed by atoms with Crippen molar-refractivity contribution >= 4 is 5.91 Å². The summed E-state index contributed by atoms with van der Waals surface area (Å²) in [6, 6.07) is 7.49. The lowest BCUT2D eigenvalue weighted by Crippen LogP contribution is -2.55. The van der Waals surface area contributed by atoms with Gasteiger partial charge in [0, 0.05) is 6.54 Å². The SMILES string of the molecule is CC1CN(C(=O)C2COc3ccccc3O2)C(C)CO1. The first-order valence-electron chi connectivity index (χ1n) is 6.95. The Kier molecular flexibility index (Phi) is 3.53. The monoisotopic (exact) mass is 277 g/mol. The molecule has 0 spiro atoms. The van der Waals surface area contributed by atoms with Gasteiger partial charge in [0.05, 0.1) is 18.8 Å². The van der Waals surface area contributed by atoms with E-state index in [1.807, 2.05) is 43.0 Å². The Hall–Kier alpha value is -1.75. The van der Waals surface area contributed by atoms with Gasteiger partial charge in [-0.1, -0.05) is 12.1 Å². The van der Waals surface area contributed by atoms with E-state index < -0.39 is 6.10 Å². The van der Waals surface area contributed by atoms with Crippen molar-refractivity contribution in [2.24, 2.45) is 0 Å². The fourth-order valence-corrected chi connectivity index (χ4v) is 2.54. The topological polar surface area (TPSA) is 48.0 Å². The molecule has 2 aliphatic rings. The van der Waals surface area contributed by atoms with Crippen LogP contribution in [-0.2, 0) is 9.53 Å². The Morgan fingerprint density at radius 2 is 1.95 bits per heavy atom. The lowest BCUT2D eigenvalue weighted by molar-refractivity contribution is -0.153. The quantitative estimate of drug-likeness (QED) is 0.780. The molecule has 0 radical (unpaired) electrons. The predicted molar refractivity (Wildman–Crippen MR) is 72.9 cm³/mol. The molecule has 1 aromatic carbocycles. The van der Waals surface area contributed by atoms with Gasteiger partial charge in [0.25, 0.3) is 5.91 Å². The molecular formula is C15H19NO4. The standard InChI is InChI=1S/C15H19NO4/c1-10-8-18-11(2)7-16(10)15(17)14-9-19-12-5-3-4-6-13(12)20-14/h3-6,10-11,14H,7-9H2,1-2H3. The predicted octanol–water partition coefficient (Wildman–Crippen LogP) is 1.46. The van der Waals surface area contributed by atoms with E-state index in [2.05, 4.69) is 0 Å². The van der Waals surface area contributed by atoms with Gasteiger partial charge in [0.15, 0.2) is 11.5 Å². The molecule has 0 aliphatic carbocycles. The summed E-state index contributed by atoms with van der Waals surface area (Å²) in [6.07, 6.45) is -0.510. The summed E-state index contributed by atoms with van der Waals surface area (Å²) in [6.45, 7) is 5.38. The van der Waals surface area contributed by atoms with E-state index >= 15 is 0 Å². The van der Waals surface area contributed by atoms with Crippen LogP contribution >= 0.6 is 0 Å². The van der Waals surface area contributed by atoms with Gasteiger partial charge in [-0.05, 0) is 26.0 Å². The summed E-state index contributed by atoms with van der Waals surface area (Å²) >= 11 is 0. The zero-order chi connectivity index (χ0) is 14.1.